The van der Waals surface area contributed by atoms with E-state index in [-0.39, 0.29) is 10.6 Å². The number of nitrogens with zero attached hydrogens (tertiary/aromatic N) is 2. The smallest absolute Gasteiger partial charge is 0.274 e. The maximum absolute atomic E-state index is 11.1. The molecule has 96 valence electrons. The molecule has 0 spiro atoms. The summed E-state index contributed by atoms with van der Waals surface area (Å²) in [5.74, 6) is 0. The Bertz CT molecular complexity index is 481. The predicted octanol–water partition coefficient (Wildman–Crippen LogP) is 1.84. The van der Waals surface area contributed by atoms with E-state index in [1.165, 1.54) is 24.1 Å². The second kappa shape index (κ2) is 4.57. The molecule has 0 atom stereocenters. The maximum Gasteiger partial charge on any atom is 0.274 e. The highest BCUT2D eigenvalue weighted by molar-refractivity contribution is 5.64. The van der Waals surface area contributed by atoms with Crippen molar-refractivity contribution in [3.05, 3.63) is 33.4 Å². The van der Waals surface area contributed by atoms with E-state index >= 15 is 0 Å². The van der Waals surface area contributed by atoms with Gasteiger partial charge in [0.05, 0.1) is 4.92 Å². The molecule has 18 heavy (non-hydrogen) atoms. The number of hydrogen-bond acceptors (Lipinski definition) is 4. The average Bonchev–Trinajstić information content (AvgIpc) is 2.91. The molecule has 2 aliphatic heterocycles. The molecule has 5 heteroatoms. The van der Waals surface area contributed by atoms with Gasteiger partial charge in [0.25, 0.3) is 5.69 Å². The first kappa shape index (κ1) is 11.5. The highest BCUT2D eigenvalue weighted by atomic mass is 16.6. The van der Waals surface area contributed by atoms with Gasteiger partial charge in [0, 0.05) is 37.0 Å². The number of hydrogen-bond donors (Lipinski definition) is 1. The van der Waals surface area contributed by atoms with E-state index in [0.29, 0.717) is 6.54 Å². The topological polar surface area (TPSA) is 58.4 Å². The fourth-order valence-electron chi connectivity index (χ4n) is 3.00. The van der Waals surface area contributed by atoms with Crippen LogP contribution in [0.25, 0.3) is 0 Å². The normalized spacial score (nSPS) is 18.8. The molecule has 1 saturated heterocycles. The third kappa shape index (κ3) is 1.84. The first-order valence-electron chi connectivity index (χ1n) is 6.52. The van der Waals surface area contributed by atoms with Gasteiger partial charge in [-0.1, -0.05) is 0 Å². The number of anilines is 1. The van der Waals surface area contributed by atoms with Crippen LogP contribution < -0.4 is 10.2 Å². The Kier molecular flexibility index (Phi) is 2.91. The van der Waals surface area contributed by atoms with Crippen molar-refractivity contribution in [2.45, 2.75) is 25.8 Å². The van der Waals surface area contributed by atoms with E-state index in [2.05, 4.69) is 10.2 Å². The molecule has 2 aliphatic rings. The molecule has 0 bridgehead atoms. The zero-order chi connectivity index (χ0) is 12.5. The van der Waals surface area contributed by atoms with Crippen molar-refractivity contribution in [1.82, 2.24) is 5.32 Å². The minimum absolute atomic E-state index is 0.264. The van der Waals surface area contributed by atoms with Gasteiger partial charge in [-0.05, 0) is 37.4 Å². The van der Waals surface area contributed by atoms with Gasteiger partial charge in [-0.15, -0.1) is 0 Å². The molecule has 5 nitrogen and oxygen atoms in total. The molecule has 0 saturated carbocycles. The lowest BCUT2D eigenvalue weighted by Gasteiger charge is -2.26. The number of benzene rings is 1. The Morgan fingerprint density at radius 3 is 2.72 bits per heavy atom. The van der Waals surface area contributed by atoms with Gasteiger partial charge >= 0.3 is 0 Å². The van der Waals surface area contributed by atoms with Crippen LogP contribution in [0.1, 0.15) is 24.0 Å². The third-order valence-electron chi connectivity index (χ3n) is 3.88. The van der Waals surface area contributed by atoms with Gasteiger partial charge < -0.3 is 10.2 Å². The summed E-state index contributed by atoms with van der Waals surface area (Å²) in [6.45, 7) is 3.69. The van der Waals surface area contributed by atoms with E-state index in [0.717, 1.165) is 31.6 Å². The summed E-state index contributed by atoms with van der Waals surface area (Å²) in [6.07, 6.45) is 3.34. The minimum atomic E-state index is -0.264. The molecular formula is C13H17N3O2. The molecular weight excluding hydrogens is 230 g/mol. The van der Waals surface area contributed by atoms with Crippen LogP contribution in [0.15, 0.2) is 12.1 Å². The molecule has 0 aromatic heterocycles. The molecule has 0 unspecified atom stereocenters. The fourth-order valence-corrected chi connectivity index (χ4v) is 3.00. The summed E-state index contributed by atoms with van der Waals surface area (Å²) < 4.78 is 0. The predicted molar refractivity (Wildman–Crippen MR) is 70.0 cm³/mol. The number of nitro groups is 1. The first-order valence-corrected chi connectivity index (χ1v) is 6.52. The van der Waals surface area contributed by atoms with E-state index in [1.54, 1.807) is 6.07 Å². The first-order chi connectivity index (χ1) is 8.77. The quantitative estimate of drug-likeness (QED) is 0.640. The van der Waals surface area contributed by atoms with Crippen molar-refractivity contribution in [1.29, 1.82) is 0 Å². The van der Waals surface area contributed by atoms with Crippen LogP contribution >= 0.6 is 0 Å². The third-order valence-corrected chi connectivity index (χ3v) is 3.88. The summed E-state index contributed by atoms with van der Waals surface area (Å²) in [6, 6.07) is 3.60. The second-order valence-electron chi connectivity index (χ2n) is 4.94. The molecule has 1 aromatic carbocycles. The van der Waals surface area contributed by atoms with Crippen molar-refractivity contribution in [2.75, 3.05) is 24.5 Å². The Morgan fingerprint density at radius 1 is 1.22 bits per heavy atom. The molecule has 0 aliphatic carbocycles. The van der Waals surface area contributed by atoms with Crippen LogP contribution in [0.2, 0.25) is 0 Å². The Hall–Kier alpha value is -1.62. The number of nitro benzene ring substituents is 1. The zero-order valence-corrected chi connectivity index (χ0v) is 10.3. The SMILES string of the molecule is O=[N+]([O-])c1ccc(N2CCCC2)c2c1CNCC2. The van der Waals surface area contributed by atoms with Gasteiger partial charge in [-0.2, -0.15) is 0 Å². The van der Waals surface area contributed by atoms with Gasteiger partial charge in [-0.3, -0.25) is 10.1 Å². The van der Waals surface area contributed by atoms with Crippen LogP contribution in [0.4, 0.5) is 11.4 Å². The van der Waals surface area contributed by atoms with Crippen molar-refractivity contribution >= 4 is 11.4 Å². The molecule has 0 amide bonds. The lowest BCUT2D eigenvalue weighted by molar-refractivity contribution is -0.385. The van der Waals surface area contributed by atoms with E-state index in [1.807, 2.05) is 6.07 Å². The van der Waals surface area contributed by atoms with Crippen molar-refractivity contribution in [2.24, 2.45) is 0 Å². The Labute approximate surface area is 106 Å². The molecule has 1 N–H and O–H groups in total. The second-order valence-corrected chi connectivity index (χ2v) is 4.94. The van der Waals surface area contributed by atoms with Gasteiger partial charge in [-0.25, -0.2) is 0 Å². The summed E-state index contributed by atoms with van der Waals surface area (Å²) in [5.41, 5.74) is 3.55. The number of rotatable bonds is 2. The molecule has 0 radical (unpaired) electrons. The maximum atomic E-state index is 11.1. The molecule has 3 rings (SSSR count). The molecule has 1 fully saturated rings. The number of nitrogens with one attached hydrogen (secondary N) is 1. The van der Waals surface area contributed by atoms with Crippen molar-refractivity contribution < 1.29 is 4.92 Å². The lowest BCUT2D eigenvalue weighted by Crippen LogP contribution is -2.28. The monoisotopic (exact) mass is 247 g/mol. The van der Waals surface area contributed by atoms with Crippen LogP contribution in [0, 0.1) is 10.1 Å². The van der Waals surface area contributed by atoms with Crippen LogP contribution in [0.5, 0.6) is 0 Å². The van der Waals surface area contributed by atoms with Gasteiger partial charge in [0.15, 0.2) is 0 Å². The Balaban J connectivity index is 2.08. The Morgan fingerprint density at radius 2 is 2.00 bits per heavy atom. The highest BCUT2D eigenvalue weighted by Crippen LogP contribution is 2.34. The van der Waals surface area contributed by atoms with E-state index in [4.69, 9.17) is 0 Å². The van der Waals surface area contributed by atoms with E-state index in [9.17, 15) is 10.1 Å². The van der Waals surface area contributed by atoms with Crippen molar-refractivity contribution in [3.8, 4) is 0 Å². The molecule has 2 heterocycles. The van der Waals surface area contributed by atoms with E-state index < -0.39 is 0 Å². The largest absolute Gasteiger partial charge is 0.371 e. The van der Waals surface area contributed by atoms with Crippen LogP contribution in [-0.2, 0) is 13.0 Å². The zero-order valence-electron chi connectivity index (χ0n) is 10.3. The molecule has 1 aromatic rings. The fraction of sp³-hybridized carbons (Fsp3) is 0.538. The van der Waals surface area contributed by atoms with Crippen LogP contribution in [-0.4, -0.2) is 24.6 Å². The summed E-state index contributed by atoms with van der Waals surface area (Å²) in [7, 11) is 0. The average molecular weight is 247 g/mol. The number of fused-ring (bicyclic) bond motifs is 1. The summed E-state index contributed by atoms with van der Waals surface area (Å²) >= 11 is 0. The summed E-state index contributed by atoms with van der Waals surface area (Å²) in [4.78, 5) is 13.2. The minimum Gasteiger partial charge on any atom is -0.371 e. The lowest BCUT2D eigenvalue weighted by atomic mass is 9.96. The summed E-state index contributed by atoms with van der Waals surface area (Å²) in [5, 5.41) is 14.3. The standard InChI is InChI=1S/C13H17N3O2/c17-16(18)13-4-3-12(15-7-1-2-8-15)10-5-6-14-9-11(10)13/h3-4,14H,1-2,5-9H2. The van der Waals surface area contributed by atoms with Gasteiger partial charge in [0.2, 0.25) is 0 Å². The van der Waals surface area contributed by atoms with Crippen molar-refractivity contribution in [3.63, 3.8) is 0 Å². The van der Waals surface area contributed by atoms with Crippen LogP contribution in [0.3, 0.4) is 0 Å². The van der Waals surface area contributed by atoms with Gasteiger partial charge in [0.1, 0.15) is 0 Å². The highest BCUT2D eigenvalue weighted by Gasteiger charge is 2.25.